The number of hydrogen-bond acceptors (Lipinski definition) is 5. The van der Waals surface area contributed by atoms with Gasteiger partial charge in [0.05, 0.1) is 6.10 Å². The number of fused-ring (bicyclic) bond motifs is 1. The largest absolute Gasteiger partial charge is 0.390 e. The SMILES string of the molecule is O=C1CCC2CN(CC(O)CN3CCNCC3)CCN12. The first kappa shape index (κ1) is 14.3. The molecule has 6 nitrogen and oxygen atoms in total. The zero-order chi connectivity index (χ0) is 13.9. The van der Waals surface area contributed by atoms with E-state index in [4.69, 9.17) is 0 Å². The second kappa shape index (κ2) is 6.39. The number of aliphatic hydroxyl groups excluding tert-OH is 1. The van der Waals surface area contributed by atoms with E-state index in [-0.39, 0.29) is 6.10 Å². The number of amides is 1. The summed E-state index contributed by atoms with van der Waals surface area (Å²) in [5, 5.41) is 13.6. The average Bonchev–Trinajstić information content (AvgIpc) is 2.81. The first-order valence-electron chi connectivity index (χ1n) is 7.85. The number of carbonyl (C=O) groups is 1. The van der Waals surface area contributed by atoms with E-state index in [2.05, 4.69) is 15.1 Å². The molecular formula is C14H26N4O2. The Balaban J connectivity index is 1.42. The molecule has 0 bridgehead atoms. The van der Waals surface area contributed by atoms with Gasteiger partial charge in [-0.25, -0.2) is 0 Å². The fourth-order valence-electron chi connectivity index (χ4n) is 3.64. The summed E-state index contributed by atoms with van der Waals surface area (Å²) >= 11 is 0. The van der Waals surface area contributed by atoms with Gasteiger partial charge in [-0.05, 0) is 6.42 Å². The zero-order valence-corrected chi connectivity index (χ0v) is 12.1. The van der Waals surface area contributed by atoms with Crippen molar-refractivity contribution in [3.8, 4) is 0 Å². The first-order chi connectivity index (χ1) is 9.72. The summed E-state index contributed by atoms with van der Waals surface area (Å²) in [5.41, 5.74) is 0. The van der Waals surface area contributed by atoms with E-state index < -0.39 is 0 Å². The van der Waals surface area contributed by atoms with Gasteiger partial charge in [0.25, 0.3) is 0 Å². The predicted octanol–water partition coefficient (Wildman–Crippen LogP) is -1.44. The summed E-state index contributed by atoms with van der Waals surface area (Å²) in [6.45, 7) is 8.29. The fourth-order valence-corrected chi connectivity index (χ4v) is 3.64. The minimum Gasteiger partial charge on any atom is -0.390 e. The molecule has 3 aliphatic rings. The molecule has 2 unspecified atom stereocenters. The van der Waals surface area contributed by atoms with E-state index in [9.17, 15) is 9.90 Å². The molecule has 2 N–H and O–H groups in total. The van der Waals surface area contributed by atoms with Crippen LogP contribution in [-0.4, -0.2) is 96.8 Å². The number of β-amino-alcohol motifs (C(OH)–C–C–N with tert-alkyl or cyclic N) is 1. The van der Waals surface area contributed by atoms with E-state index in [0.717, 1.165) is 65.3 Å². The van der Waals surface area contributed by atoms with Gasteiger partial charge in [-0.15, -0.1) is 0 Å². The molecule has 0 aliphatic carbocycles. The van der Waals surface area contributed by atoms with Crippen LogP contribution >= 0.6 is 0 Å². The monoisotopic (exact) mass is 282 g/mol. The third-order valence-corrected chi connectivity index (χ3v) is 4.73. The number of carbonyl (C=O) groups excluding carboxylic acids is 1. The maximum atomic E-state index is 11.6. The molecule has 0 aromatic heterocycles. The Morgan fingerprint density at radius 3 is 2.70 bits per heavy atom. The van der Waals surface area contributed by atoms with Crippen LogP contribution in [0.3, 0.4) is 0 Å². The van der Waals surface area contributed by atoms with Crippen molar-refractivity contribution in [1.29, 1.82) is 0 Å². The molecule has 114 valence electrons. The maximum absolute atomic E-state index is 11.6. The molecular weight excluding hydrogens is 256 g/mol. The van der Waals surface area contributed by atoms with Gasteiger partial charge in [0.15, 0.2) is 0 Å². The Morgan fingerprint density at radius 2 is 1.90 bits per heavy atom. The van der Waals surface area contributed by atoms with Crippen LogP contribution in [0.25, 0.3) is 0 Å². The third kappa shape index (κ3) is 3.31. The Labute approximate surface area is 120 Å². The van der Waals surface area contributed by atoms with E-state index >= 15 is 0 Å². The Morgan fingerprint density at radius 1 is 1.15 bits per heavy atom. The summed E-state index contributed by atoms with van der Waals surface area (Å²) < 4.78 is 0. The minimum absolute atomic E-state index is 0.281. The molecule has 3 fully saturated rings. The second-order valence-electron chi connectivity index (χ2n) is 6.24. The van der Waals surface area contributed by atoms with E-state index in [1.807, 2.05) is 4.90 Å². The van der Waals surface area contributed by atoms with Gasteiger partial charge >= 0.3 is 0 Å². The third-order valence-electron chi connectivity index (χ3n) is 4.73. The van der Waals surface area contributed by atoms with Gasteiger partial charge in [-0.2, -0.15) is 0 Å². The minimum atomic E-state index is -0.281. The predicted molar refractivity (Wildman–Crippen MR) is 76.5 cm³/mol. The van der Waals surface area contributed by atoms with Crippen molar-refractivity contribution in [3.05, 3.63) is 0 Å². The van der Waals surface area contributed by atoms with Crippen molar-refractivity contribution in [2.45, 2.75) is 25.0 Å². The lowest BCUT2D eigenvalue weighted by atomic mass is 10.1. The van der Waals surface area contributed by atoms with Crippen LogP contribution in [-0.2, 0) is 4.79 Å². The summed E-state index contributed by atoms with van der Waals surface area (Å²) in [6.07, 6.45) is 1.42. The average molecular weight is 282 g/mol. The summed E-state index contributed by atoms with van der Waals surface area (Å²) in [6, 6.07) is 0.391. The van der Waals surface area contributed by atoms with Crippen LogP contribution in [0, 0.1) is 0 Å². The number of aliphatic hydroxyl groups is 1. The lowest BCUT2D eigenvalue weighted by molar-refractivity contribution is -0.130. The molecule has 0 aromatic carbocycles. The molecule has 0 radical (unpaired) electrons. The van der Waals surface area contributed by atoms with E-state index in [0.29, 0.717) is 18.4 Å². The molecule has 0 saturated carbocycles. The zero-order valence-electron chi connectivity index (χ0n) is 12.1. The smallest absolute Gasteiger partial charge is 0.222 e. The topological polar surface area (TPSA) is 59.1 Å². The van der Waals surface area contributed by atoms with Crippen LogP contribution in [0.2, 0.25) is 0 Å². The Kier molecular flexibility index (Phi) is 4.55. The number of hydrogen-bond donors (Lipinski definition) is 2. The highest BCUT2D eigenvalue weighted by molar-refractivity contribution is 5.78. The quantitative estimate of drug-likeness (QED) is 0.661. The van der Waals surface area contributed by atoms with Crippen LogP contribution in [0.1, 0.15) is 12.8 Å². The summed E-state index contributed by atoms with van der Waals surface area (Å²) in [5.74, 6) is 0.316. The van der Waals surface area contributed by atoms with Crippen LogP contribution < -0.4 is 5.32 Å². The lowest BCUT2D eigenvalue weighted by Crippen LogP contribution is -2.54. The number of nitrogens with zero attached hydrogens (tertiary/aromatic N) is 3. The van der Waals surface area contributed by atoms with Gasteiger partial charge < -0.3 is 15.3 Å². The van der Waals surface area contributed by atoms with Crippen molar-refractivity contribution in [1.82, 2.24) is 20.0 Å². The first-order valence-corrected chi connectivity index (χ1v) is 7.85. The summed E-state index contributed by atoms with van der Waals surface area (Å²) in [7, 11) is 0. The van der Waals surface area contributed by atoms with E-state index in [1.54, 1.807) is 0 Å². The van der Waals surface area contributed by atoms with Gasteiger partial charge in [0.1, 0.15) is 0 Å². The molecule has 0 aromatic rings. The van der Waals surface area contributed by atoms with Gasteiger partial charge in [0, 0.05) is 71.4 Å². The molecule has 2 atom stereocenters. The highest BCUT2D eigenvalue weighted by atomic mass is 16.3. The second-order valence-corrected chi connectivity index (χ2v) is 6.24. The van der Waals surface area contributed by atoms with Gasteiger partial charge in [-0.3, -0.25) is 14.6 Å². The molecule has 0 spiro atoms. The number of rotatable bonds is 4. The molecule has 1 amide bonds. The van der Waals surface area contributed by atoms with Crippen LogP contribution in [0.4, 0.5) is 0 Å². The summed E-state index contributed by atoms with van der Waals surface area (Å²) in [4.78, 5) is 18.3. The van der Waals surface area contributed by atoms with Crippen molar-refractivity contribution in [2.75, 3.05) is 58.9 Å². The molecule has 3 aliphatic heterocycles. The Hall–Kier alpha value is -0.690. The lowest BCUT2D eigenvalue weighted by Gasteiger charge is -2.39. The number of piperazine rings is 2. The molecule has 3 saturated heterocycles. The highest BCUT2D eigenvalue weighted by Gasteiger charge is 2.35. The normalized spacial score (nSPS) is 30.6. The highest BCUT2D eigenvalue weighted by Crippen LogP contribution is 2.22. The van der Waals surface area contributed by atoms with Gasteiger partial charge in [0.2, 0.25) is 5.91 Å². The molecule has 20 heavy (non-hydrogen) atoms. The van der Waals surface area contributed by atoms with Crippen molar-refractivity contribution >= 4 is 5.91 Å². The maximum Gasteiger partial charge on any atom is 0.222 e. The molecule has 3 rings (SSSR count). The van der Waals surface area contributed by atoms with E-state index in [1.165, 1.54) is 0 Å². The van der Waals surface area contributed by atoms with Crippen molar-refractivity contribution in [2.24, 2.45) is 0 Å². The standard InChI is InChI=1S/C14H26N4O2/c19-13(10-16-5-3-15-4-6-16)11-17-7-8-18-12(9-17)1-2-14(18)20/h12-13,15,19H,1-11H2. The van der Waals surface area contributed by atoms with Gasteiger partial charge in [-0.1, -0.05) is 0 Å². The van der Waals surface area contributed by atoms with Crippen molar-refractivity contribution in [3.63, 3.8) is 0 Å². The van der Waals surface area contributed by atoms with Crippen LogP contribution in [0.15, 0.2) is 0 Å². The molecule has 6 heteroatoms. The van der Waals surface area contributed by atoms with Crippen LogP contribution in [0.5, 0.6) is 0 Å². The Bertz CT molecular complexity index is 346. The molecule has 3 heterocycles. The number of nitrogens with one attached hydrogen (secondary N) is 1. The fraction of sp³-hybridized carbons (Fsp3) is 0.929. The van der Waals surface area contributed by atoms with Crippen molar-refractivity contribution < 1.29 is 9.90 Å².